The molecule has 0 unspecified atom stereocenters. The molecule has 1 fully saturated rings. The van der Waals surface area contributed by atoms with Crippen LogP contribution in [0.15, 0.2) is 39.2 Å². The highest BCUT2D eigenvalue weighted by atomic mass is 127. The summed E-state index contributed by atoms with van der Waals surface area (Å²) in [7, 11) is 1.81. The fraction of sp³-hybridized carbons (Fsp3) is 0.412. The Kier molecular flexibility index (Phi) is 7.06. The number of rotatable bonds is 5. The topological polar surface area (TPSA) is 49.3 Å². The third-order valence-electron chi connectivity index (χ3n) is 4.37. The summed E-state index contributed by atoms with van der Waals surface area (Å²) in [4.78, 5) is 9.86. The zero-order valence-electron chi connectivity index (χ0n) is 13.8. The number of thiazole rings is 1. The van der Waals surface area contributed by atoms with Gasteiger partial charge in [-0.15, -0.1) is 35.3 Å². The molecule has 3 rings (SSSR count). The average molecular weight is 521 g/mol. The van der Waals surface area contributed by atoms with E-state index in [2.05, 4.69) is 60.8 Å². The zero-order valence-corrected chi connectivity index (χ0v) is 18.5. The van der Waals surface area contributed by atoms with Crippen molar-refractivity contribution in [3.8, 4) is 0 Å². The molecule has 2 N–H and O–H groups in total. The average Bonchev–Trinajstić information content (AvgIpc) is 3.24. The van der Waals surface area contributed by atoms with Crippen LogP contribution in [0.2, 0.25) is 0 Å². The molecule has 0 bridgehead atoms. The lowest BCUT2D eigenvalue weighted by molar-refractivity contribution is 0.645. The zero-order chi connectivity index (χ0) is 16.3. The van der Waals surface area contributed by atoms with Gasteiger partial charge in [0.15, 0.2) is 5.96 Å². The molecule has 0 amide bonds. The molecule has 1 aliphatic carbocycles. The van der Waals surface area contributed by atoms with E-state index in [9.17, 15) is 0 Å². The lowest BCUT2D eigenvalue weighted by Crippen LogP contribution is -2.40. The van der Waals surface area contributed by atoms with Crippen LogP contribution in [0.3, 0.4) is 0 Å². The minimum Gasteiger partial charge on any atom is -0.356 e. The van der Waals surface area contributed by atoms with Gasteiger partial charge in [-0.05, 0) is 37.5 Å². The number of hydrogen-bond acceptors (Lipinski definition) is 3. The van der Waals surface area contributed by atoms with Gasteiger partial charge < -0.3 is 10.6 Å². The van der Waals surface area contributed by atoms with E-state index >= 15 is 0 Å². The van der Waals surface area contributed by atoms with E-state index in [-0.39, 0.29) is 29.4 Å². The molecule has 0 spiro atoms. The van der Waals surface area contributed by atoms with Crippen molar-refractivity contribution < 1.29 is 0 Å². The Morgan fingerprint density at radius 2 is 2.17 bits per heavy atom. The summed E-state index contributed by atoms with van der Waals surface area (Å²) in [6.07, 6.45) is 2.45. The maximum atomic E-state index is 4.33. The van der Waals surface area contributed by atoms with Crippen LogP contribution in [0.4, 0.5) is 0 Å². The molecule has 7 heteroatoms. The van der Waals surface area contributed by atoms with Crippen molar-refractivity contribution in [1.82, 2.24) is 15.6 Å². The minimum absolute atomic E-state index is 0. The van der Waals surface area contributed by atoms with E-state index in [1.165, 1.54) is 23.3 Å². The molecule has 0 atom stereocenters. The molecule has 1 aliphatic rings. The van der Waals surface area contributed by atoms with E-state index in [1.54, 1.807) is 11.3 Å². The van der Waals surface area contributed by atoms with Gasteiger partial charge in [-0.3, -0.25) is 4.99 Å². The number of nitrogens with zero attached hydrogens (tertiary/aromatic N) is 2. The van der Waals surface area contributed by atoms with Gasteiger partial charge in [-0.2, -0.15) is 0 Å². The third-order valence-corrected chi connectivity index (χ3v) is 5.80. The summed E-state index contributed by atoms with van der Waals surface area (Å²) in [6.45, 7) is 3.71. The van der Waals surface area contributed by atoms with Gasteiger partial charge in [0.25, 0.3) is 0 Å². The predicted octanol–water partition coefficient (Wildman–Crippen LogP) is 4.23. The molecular formula is C17H22BrIN4S. The second-order valence-electron chi connectivity index (χ2n) is 5.93. The first-order valence-corrected chi connectivity index (χ1v) is 9.40. The van der Waals surface area contributed by atoms with Crippen molar-refractivity contribution in [3.05, 3.63) is 50.4 Å². The maximum Gasteiger partial charge on any atom is 0.191 e. The van der Waals surface area contributed by atoms with Crippen molar-refractivity contribution in [2.75, 3.05) is 13.6 Å². The van der Waals surface area contributed by atoms with Crippen LogP contribution in [-0.4, -0.2) is 24.5 Å². The van der Waals surface area contributed by atoms with Crippen molar-refractivity contribution in [1.29, 1.82) is 0 Å². The Labute approximate surface area is 172 Å². The highest BCUT2D eigenvalue weighted by Crippen LogP contribution is 2.48. The summed E-state index contributed by atoms with van der Waals surface area (Å²) in [5, 5.41) is 6.86. The molecule has 1 aromatic carbocycles. The first kappa shape index (κ1) is 19.7. The molecule has 1 aromatic heterocycles. The summed E-state index contributed by atoms with van der Waals surface area (Å²) in [5.41, 5.74) is 4.62. The van der Waals surface area contributed by atoms with Crippen LogP contribution in [0.25, 0.3) is 0 Å². The number of nitrogens with one attached hydrogen (secondary N) is 2. The normalized spacial score (nSPS) is 15.5. The first-order chi connectivity index (χ1) is 11.1. The van der Waals surface area contributed by atoms with Gasteiger partial charge >= 0.3 is 0 Å². The molecule has 0 radical (unpaired) electrons. The molecule has 24 heavy (non-hydrogen) atoms. The van der Waals surface area contributed by atoms with Gasteiger partial charge in [0, 0.05) is 28.4 Å². The van der Waals surface area contributed by atoms with Crippen LogP contribution in [-0.2, 0) is 12.0 Å². The van der Waals surface area contributed by atoms with Crippen LogP contribution in [0.5, 0.6) is 0 Å². The van der Waals surface area contributed by atoms with Crippen LogP contribution >= 0.6 is 51.2 Å². The van der Waals surface area contributed by atoms with E-state index in [0.717, 1.165) is 29.2 Å². The number of guanidine groups is 1. The Morgan fingerprint density at radius 1 is 1.38 bits per heavy atom. The summed E-state index contributed by atoms with van der Waals surface area (Å²) >= 11 is 5.24. The number of benzene rings is 1. The molecular weight excluding hydrogens is 499 g/mol. The van der Waals surface area contributed by atoms with Crippen molar-refractivity contribution >= 4 is 57.2 Å². The highest BCUT2D eigenvalue weighted by molar-refractivity contribution is 14.0. The quantitative estimate of drug-likeness (QED) is 0.352. The van der Waals surface area contributed by atoms with Gasteiger partial charge in [0.1, 0.15) is 0 Å². The van der Waals surface area contributed by atoms with E-state index in [4.69, 9.17) is 0 Å². The second-order valence-corrected chi connectivity index (χ2v) is 7.79. The molecule has 1 heterocycles. The molecule has 0 saturated heterocycles. The number of aromatic nitrogens is 1. The van der Waals surface area contributed by atoms with E-state index < -0.39 is 0 Å². The Bertz CT molecular complexity index is 712. The van der Waals surface area contributed by atoms with Crippen LogP contribution in [0, 0.1) is 6.92 Å². The summed E-state index contributed by atoms with van der Waals surface area (Å²) < 4.78 is 1.14. The summed E-state index contributed by atoms with van der Waals surface area (Å²) in [5.74, 6) is 0.846. The van der Waals surface area contributed by atoms with Gasteiger partial charge in [-0.1, -0.05) is 28.1 Å². The monoisotopic (exact) mass is 520 g/mol. The van der Waals surface area contributed by atoms with Gasteiger partial charge in [0.05, 0.1) is 17.7 Å². The Hall–Kier alpha value is -0.670. The lowest BCUT2D eigenvalue weighted by Gasteiger charge is -2.19. The Balaban J connectivity index is 0.00000208. The van der Waals surface area contributed by atoms with Crippen molar-refractivity contribution in [2.45, 2.75) is 31.7 Å². The first-order valence-electron chi connectivity index (χ1n) is 7.72. The van der Waals surface area contributed by atoms with Crippen molar-refractivity contribution in [3.63, 3.8) is 0 Å². The third kappa shape index (κ3) is 4.70. The standard InChI is InChI=1S/C17H21BrN4S.HI/c1-12-15(23-11-22-12)9-20-16(19-2)21-10-17(6-7-17)13-4-3-5-14(18)8-13;/h3-5,8,11H,6-7,9-10H2,1-2H3,(H2,19,20,21);1H. The number of halogens is 2. The molecule has 1 saturated carbocycles. The highest BCUT2D eigenvalue weighted by Gasteiger charge is 2.44. The largest absolute Gasteiger partial charge is 0.356 e. The summed E-state index contributed by atoms with van der Waals surface area (Å²) in [6, 6.07) is 8.63. The predicted molar refractivity (Wildman–Crippen MR) is 116 cm³/mol. The van der Waals surface area contributed by atoms with Gasteiger partial charge in [-0.25, -0.2) is 4.98 Å². The van der Waals surface area contributed by atoms with Crippen LogP contribution < -0.4 is 10.6 Å². The SMILES string of the molecule is CN=C(NCc1scnc1C)NCC1(c2cccc(Br)c2)CC1.I. The fourth-order valence-electron chi connectivity index (χ4n) is 2.67. The van der Waals surface area contributed by atoms with E-state index in [1.807, 2.05) is 19.5 Å². The Morgan fingerprint density at radius 3 is 2.75 bits per heavy atom. The minimum atomic E-state index is 0. The number of hydrogen-bond donors (Lipinski definition) is 2. The molecule has 0 aliphatic heterocycles. The van der Waals surface area contributed by atoms with Crippen molar-refractivity contribution in [2.24, 2.45) is 4.99 Å². The lowest BCUT2D eigenvalue weighted by atomic mass is 9.96. The molecule has 4 nitrogen and oxygen atoms in total. The molecule has 2 aromatic rings. The number of aryl methyl sites for hydroxylation is 1. The fourth-order valence-corrected chi connectivity index (χ4v) is 3.79. The second kappa shape index (κ2) is 8.62. The van der Waals surface area contributed by atoms with E-state index in [0.29, 0.717) is 0 Å². The molecule has 130 valence electrons. The number of aliphatic imine (C=N–C) groups is 1. The van der Waals surface area contributed by atoms with Gasteiger partial charge in [0.2, 0.25) is 0 Å². The van der Waals surface area contributed by atoms with Crippen LogP contribution in [0.1, 0.15) is 29.0 Å². The smallest absolute Gasteiger partial charge is 0.191 e. The maximum absolute atomic E-state index is 4.33.